The third-order valence-corrected chi connectivity index (χ3v) is 4.35. The van der Waals surface area contributed by atoms with Gasteiger partial charge < -0.3 is 4.90 Å². The van der Waals surface area contributed by atoms with Crippen molar-refractivity contribution < 1.29 is 0 Å². The van der Waals surface area contributed by atoms with E-state index in [4.69, 9.17) is 0 Å². The molecule has 1 unspecified atom stereocenters. The Bertz CT molecular complexity index is 669. The van der Waals surface area contributed by atoms with Gasteiger partial charge in [-0.15, -0.1) is 0 Å². The van der Waals surface area contributed by atoms with Gasteiger partial charge in [0, 0.05) is 25.7 Å². The van der Waals surface area contributed by atoms with Crippen LogP contribution in [0.25, 0.3) is 5.57 Å². The maximum Gasteiger partial charge on any atom is 0.0288 e. The Hall–Kier alpha value is -2.02. The molecule has 94 valence electrons. The summed E-state index contributed by atoms with van der Waals surface area (Å²) in [6.07, 6.45) is 3.38. The number of likely N-dealkylation sites (N-methyl/N-ethyl adjacent to an activating group) is 1. The normalized spacial score (nSPS) is 20.2. The van der Waals surface area contributed by atoms with Crippen LogP contribution in [0.1, 0.15) is 28.2 Å². The fourth-order valence-corrected chi connectivity index (χ4v) is 3.49. The van der Waals surface area contributed by atoms with E-state index in [9.17, 15) is 0 Å². The predicted molar refractivity (Wildman–Crippen MR) is 79.0 cm³/mol. The van der Waals surface area contributed by atoms with Crippen molar-refractivity contribution in [1.29, 1.82) is 0 Å². The molecule has 0 bridgehead atoms. The number of benzene rings is 2. The molecular formula is C18H17N. The summed E-state index contributed by atoms with van der Waals surface area (Å²) in [6.45, 7) is 1.10. The van der Waals surface area contributed by atoms with Gasteiger partial charge in [0.1, 0.15) is 0 Å². The topological polar surface area (TPSA) is 3.24 Å². The summed E-state index contributed by atoms with van der Waals surface area (Å²) in [5.74, 6) is 0.532. The molecule has 0 radical (unpaired) electrons. The first-order valence-corrected chi connectivity index (χ1v) is 6.91. The zero-order valence-corrected chi connectivity index (χ0v) is 11.1. The molecule has 19 heavy (non-hydrogen) atoms. The van der Waals surface area contributed by atoms with Crippen LogP contribution in [-0.4, -0.2) is 18.5 Å². The van der Waals surface area contributed by atoms with Crippen molar-refractivity contribution in [2.45, 2.75) is 12.3 Å². The highest BCUT2D eigenvalue weighted by atomic mass is 15.1. The standard InChI is InChI=1S/C18H17N/c1-19-11-17-15-8-4-2-6-13(15)10-14-7-3-5-9-16(14)18(17)12-19/h2-9,11,18H,10,12H2,1H3. The first kappa shape index (κ1) is 10.9. The van der Waals surface area contributed by atoms with Crippen molar-refractivity contribution >= 4 is 5.57 Å². The Balaban J connectivity index is 1.99. The van der Waals surface area contributed by atoms with E-state index in [1.165, 1.54) is 27.8 Å². The van der Waals surface area contributed by atoms with Gasteiger partial charge in [0.2, 0.25) is 0 Å². The fourth-order valence-electron chi connectivity index (χ4n) is 3.49. The lowest BCUT2D eigenvalue weighted by Crippen LogP contribution is -2.12. The summed E-state index contributed by atoms with van der Waals surface area (Å²) in [4.78, 5) is 2.32. The van der Waals surface area contributed by atoms with Crippen LogP contribution in [0.15, 0.2) is 54.7 Å². The number of rotatable bonds is 0. The van der Waals surface area contributed by atoms with Gasteiger partial charge in [-0.1, -0.05) is 48.5 Å². The first-order chi connectivity index (χ1) is 9.33. The minimum absolute atomic E-state index is 0.532. The van der Waals surface area contributed by atoms with Gasteiger partial charge in [0.05, 0.1) is 0 Å². The van der Waals surface area contributed by atoms with Crippen LogP contribution in [0, 0.1) is 0 Å². The van der Waals surface area contributed by atoms with Crippen LogP contribution in [0.2, 0.25) is 0 Å². The second-order valence-electron chi connectivity index (χ2n) is 5.61. The van der Waals surface area contributed by atoms with Crippen LogP contribution >= 0.6 is 0 Å². The van der Waals surface area contributed by atoms with Gasteiger partial charge in [0.15, 0.2) is 0 Å². The van der Waals surface area contributed by atoms with Crippen molar-refractivity contribution in [3.63, 3.8) is 0 Å². The Morgan fingerprint density at radius 2 is 1.68 bits per heavy atom. The molecule has 1 aliphatic carbocycles. The average Bonchev–Trinajstić information content (AvgIpc) is 2.76. The van der Waals surface area contributed by atoms with E-state index in [0.29, 0.717) is 5.92 Å². The molecule has 2 aromatic rings. The van der Waals surface area contributed by atoms with E-state index in [-0.39, 0.29) is 0 Å². The van der Waals surface area contributed by atoms with Crippen molar-refractivity contribution in [2.75, 3.05) is 13.6 Å². The molecule has 2 aromatic carbocycles. The largest absolute Gasteiger partial charge is 0.379 e. The quantitative estimate of drug-likeness (QED) is 0.686. The molecule has 0 saturated carbocycles. The van der Waals surface area contributed by atoms with Crippen LogP contribution in [0.3, 0.4) is 0 Å². The molecule has 0 spiro atoms. The van der Waals surface area contributed by atoms with Crippen molar-refractivity contribution in [3.8, 4) is 0 Å². The molecule has 1 heteroatoms. The fraction of sp³-hybridized carbons (Fsp3) is 0.222. The lowest BCUT2D eigenvalue weighted by Gasteiger charge is -2.16. The maximum atomic E-state index is 2.33. The predicted octanol–water partition coefficient (Wildman–Crippen LogP) is 3.66. The highest BCUT2D eigenvalue weighted by molar-refractivity contribution is 5.77. The maximum absolute atomic E-state index is 2.33. The summed E-state index contributed by atoms with van der Waals surface area (Å²) in [5.41, 5.74) is 7.38. The number of fused-ring (bicyclic) bond motifs is 5. The SMILES string of the molecule is CN1C=C2c3ccccc3Cc3ccccc3C2C1. The second-order valence-corrected chi connectivity index (χ2v) is 5.61. The number of hydrogen-bond donors (Lipinski definition) is 0. The molecule has 0 aromatic heterocycles. The van der Waals surface area contributed by atoms with Gasteiger partial charge in [-0.25, -0.2) is 0 Å². The van der Waals surface area contributed by atoms with Crippen LogP contribution in [0.5, 0.6) is 0 Å². The monoisotopic (exact) mass is 247 g/mol. The van der Waals surface area contributed by atoms with E-state index < -0.39 is 0 Å². The summed E-state index contributed by atoms with van der Waals surface area (Å²) in [7, 11) is 2.17. The summed E-state index contributed by atoms with van der Waals surface area (Å²) in [5, 5.41) is 0. The van der Waals surface area contributed by atoms with Gasteiger partial charge in [0.25, 0.3) is 0 Å². The van der Waals surface area contributed by atoms with E-state index >= 15 is 0 Å². The average molecular weight is 247 g/mol. The third kappa shape index (κ3) is 1.61. The Morgan fingerprint density at radius 1 is 0.947 bits per heavy atom. The van der Waals surface area contributed by atoms with Gasteiger partial charge in [-0.05, 0) is 34.2 Å². The lowest BCUT2D eigenvalue weighted by molar-refractivity contribution is 0.475. The Kier molecular flexibility index (Phi) is 2.28. The number of nitrogens with zero attached hydrogens (tertiary/aromatic N) is 1. The Morgan fingerprint density at radius 3 is 2.58 bits per heavy atom. The van der Waals surface area contributed by atoms with Crippen molar-refractivity contribution in [1.82, 2.24) is 4.90 Å². The smallest absolute Gasteiger partial charge is 0.0288 e. The zero-order chi connectivity index (χ0) is 12.8. The molecule has 0 saturated heterocycles. The van der Waals surface area contributed by atoms with Crippen LogP contribution in [0.4, 0.5) is 0 Å². The van der Waals surface area contributed by atoms with Gasteiger partial charge in [-0.2, -0.15) is 0 Å². The lowest BCUT2D eigenvalue weighted by atomic mass is 9.89. The molecule has 1 aliphatic heterocycles. The molecule has 0 amide bonds. The van der Waals surface area contributed by atoms with E-state index in [1.807, 2.05) is 0 Å². The summed E-state index contributed by atoms with van der Waals surface area (Å²) < 4.78 is 0. The van der Waals surface area contributed by atoms with Crippen LogP contribution < -0.4 is 0 Å². The first-order valence-electron chi connectivity index (χ1n) is 6.91. The highest BCUT2D eigenvalue weighted by Gasteiger charge is 2.30. The molecule has 2 aliphatic rings. The molecule has 0 N–H and O–H groups in total. The third-order valence-electron chi connectivity index (χ3n) is 4.35. The van der Waals surface area contributed by atoms with E-state index in [1.54, 1.807) is 0 Å². The van der Waals surface area contributed by atoms with E-state index in [2.05, 4.69) is 66.7 Å². The van der Waals surface area contributed by atoms with Crippen molar-refractivity contribution in [3.05, 3.63) is 77.0 Å². The molecule has 1 atom stereocenters. The van der Waals surface area contributed by atoms with Crippen molar-refractivity contribution in [2.24, 2.45) is 0 Å². The Labute approximate surface area is 114 Å². The van der Waals surface area contributed by atoms with E-state index in [0.717, 1.165) is 13.0 Å². The molecule has 0 fully saturated rings. The minimum atomic E-state index is 0.532. The summed E-state index contributed by atoms with van der Waals surface area (Å²) in [6, 6.07) is 17.8. The van der Waals surface area contributed by atoms with Crippen LogP contribution in [-0.2, 0) is 6.42 Å². The zero-order valence-electron chi connectivity index (χ0n) is 11.1. The second kappa shape index (κ2) is 3.99. The molecule has 1 nitrogen and oxygen atoms in total. The highest BCUT2D eigenvalue weighted by Crippen LogP contribution is 2.43. The molecule has 4 rings (SSSR count). The molecule has 1 heterocycles. The summed E-state index contributed by atoms with van der Waals surface area (Å²) >= 11 is 0. The van der Waals surface area contributed by atoms with Gasteiger partial charge >= 0.3 is 0 Å². The molecular weight excluding hydrogens is 230 g/mol. The number of hydrogen-bond acceptors (Lipinski definition) is 1. The van der Waals surface area contributed by atoms with Gasteiger partial charge in [-0.3, -0.25) is 0 Å². The minimum Gasteiger partial charge on any atom is -0.379 e.